The van der Waals surface area contributed by atoms with E-state index in [1.165, 1.54) is 0 Å². The molecular formula is C15H29NO3. The molecule has 0 spiro atoms. The first kappa shape index (κ1) is 15.2. The number of aliphatic hydroxyl groups excluding tert-OH is 1. The summed E-state index contributed by atoms with van der Waals surface area (Å²) in [6.45, 7) is 5.08. The first-order valence-electron chi connectivity index (χ1n) is 7.70. The van der Waals surface area contributed by atoms with Gasteiger partial charge in [-0.2, -0.15) is 0 Å². The van der Waals surface area contributed by atoms with Gasteiger partial charge in [-0.3, -0.25) is 0 Å². The Bertz CT molecular complexity index is 277. The summed E-state index contributed by atoms with van der Waals surface area (Å²) in [5.41, 5.74) is 5.88. The Hall–Kier alpha value is -0.160. The fourth-order valence-corrected chi connectivity index (χ4v) is 3.67. The molecule has 4 nitrogen and oxygen atoms in total. The molecule has 1 aliphatic carbocycles. The maximum absolute atomic E-state index is 9.43. The van der Waals surface area contributed by atoms with Crippen molar-refractivity contribution in [2.45, 2.75) is 76.2 Å². The SMILES string of the molecule is CC1CC(OCCC2CCCC2(N)CO)CC(C)O1. The lowest BCUT2D eigenvalue weighted by molar-refractivity contribution is -0.104. The van der Waals surface area contributed by atoms with Gasteiger partial charge in [0.1, 0.15) is 0 Å². The van der Waals surface area contributed by atoms with Crippen molar-refractivity contribution in [2.24, 2.45) is 11.7 Å². The third-order valence-corrected chi connectivity index (χ3v) is 4.78. The minimum Gasteiger partial charge on any atom is -0.394 e. The van der Waals surface area contributed by atoms with Crippen LogP contribution in [0.2, 0.25) is 0 Å². The van der Waals surface area contributed by atoms with Crippen LogP contribution in [-0.2, 0) is 9.47 Å². The Morgan fingerprint density at radius 2 is 2.00 bits per heavy atom. The molecule has 0 amide bonds. The number of rotatable bonds is 5. The van der Waals surface area contributed by atoms with Gasteiger partial charge in [0.2, 0.25) is 0 Å². The van der Waals surface area contributed by atoms with Crippen LogP contribution in [0.25, 0.3) is 0 Å². The van der Waals surface area contributed by atoms with Crippen LogP contribution in [0.1, 0.15) is 52.4 Å². The molecule has 0 bridgehead atoms. The quantitative estimate of drug-likeness (QED) is 0.801. The molecule has 2 aliphatic rings. The van der Waals surface area contributed by atoms with E-state index < -0.39 is 0 Å². The molecule has 2 fully saturated rings. The van der Waals surface area contributed by atoms with Crippen LogP contribution < -0.4 is 5.73 Å². The van der Waals surface area contributed by atoms with Crippen LogP contribution >= 0.6 is 0 Å². The maximum atomic E-state index is 9.43. The summed E-state index contributed by atoms with van der Waals surface area (Å²) < 4.78 is 11.7. The molecule has 0 aromatic heterocycles. The highest BCUT2D eigenvalue weighted by Crippen LogP contribution is 2.35. The minimum absolute atomic E-state index is 0.100. The lowest BCUT2D eigenvalue weighted by Gasteiger charge is -2.33. The van der Waals surface area contributed by atoms with Gasteiger partial charge in [0, 0.05) is 12.1 Å². The summed E-state index contributed by atoms with van der Waals surface area (Å²) in [6.07, 6.45) is 7.06. The fraction of sp³-hybridized carbons (Fsp3) is 1.00. The van der Waals surface area contributed by atoms with Crippen molar-refractivity contribution in [3.05, 3.63) is 0 Å². The van der Waals surface area contributed by atoms with Crippen molar-refractivity contribution in [2.75, 3.05) is 13.2 Å². The van der Waals surface area contributed by atoms with Crippen LogP contribution in [0, 0.1) is 5.92 Å². The second kappa shape index (κ2) is 6.53. The summed E-state index contributed by atoms with van der Waals surface area (Å²) in [5, 5.41) is 9.43. The van der Waals surface area contributed by atoms with Gasteiger partial charge in [0.05, 0.1) is 24.9 Å². The summed E-state index contributed by atoms with van der Waals surface area (Å²) in [7, 11) is 0. The van der Waals surface area contributed by atoms with Crippen molar-refractivity contribution in [3.63, 3.8) is 0 Å². The monoisotopic (exact) mass is 271 g/mol. The highest BCUT2D eigenvalue weighted by molar-refractivity contribution is 4.95. The summed E-state index contributed by atoms with van der Waals surface area (Å²) in [5.74, 6) is 0.409. The maximum Gasteiger partial charge on any atom is 0.0624 e. The summed E-state index contributed by atoms with van der Waals surface area (Å²) >= 11 is 0. The molecule has 0 radical (unpaired) electrons. The molecular weight excluding hydrogens is 242 g/mol. The third kappa shape index (κ3) is 3.91. The van der Waals surface area contributed by atoms with Crippen LogP contribution in [0.15, 0.2) is 0 Å². The number of aliphatic hydroxyl groups is 1. The number of hydrogen-bond donors (Lipinski definition) is 2. The Morgan fingerprint density at radius 1 is 1.32 bits per heavy atom. The smallest absolute Gasteiger partial charge is 0.0624 e. The molecule has 1 saturated carbocycles. The zero-order valence-corrected chi connectivity index (χ0v) is 12.3. The molecule has 2 rings (SSSR count). The van der Waals surface area contributed by atoms with Crippen LogP contribution in [0.4, 0.5) is 0 Å². The van der Waals surface area contributed by atoms with Gasteiger partial charge >= 0.3 is 0 Å². The largest absolute Gasteiger partial charge is 0.394 e. The molecule has 19 heavy (non-hydrogen) atoms. The Kier molecular flexibility index (Phi) is 5.23. The van der Waals surface area contributed by atoms with Gasteiger partial charge in [-0.1, -0.05) is 6.42 Å². The van der Waals surface area contributed by atoms with E-state index in [-0.39, 0.29) is 12.1 Å². The van der Waals surface area contributed by atoms with E-state index in [2.05, 4.69) is 13.8 Å². The van der Waals surface area contributed by atoms with E-state index in [4.69, 9.17) is 15.2 Å². The van der Waals surface area contributed by atoms with Crippen LogP contribution in [-0.4, -0.2) is 42.2 Å². The van der Waals surface area contributed by atoms with E-state index in [0.717, 1.165) is 45.1 Å². The average Bonchev–Trinajstić information content (AvgIpc) is 2.71. The van der Waals surface area contributed by atoms with E-state index in [1.807, 2.05) is 0 Å². The number of hydrogen-bond acceptors (Lipinski definition) is 4. The van der Waals surface area contributed by atoms with Crippen molar-refractivity contribution in [3.8, 4) is 0 Å². The molecule has 1 heterocycles. The van der Waals surface area contributed by atoms with E-state index in [9.17, 15) is 5.11 Å². The van der Waals surface area contributed by atoms with Gasteiger partial charge in [0.25, 0.3) is 0 Å². The topological polar surface area (TPSA) is 64.7 Å². The minimum atomic E-state index is -0.361. The molecule has 0 aromatic rings. The average molecular weight is 271 g/mol. The van der Waals surface area contributed by atoms with Gasteiger partial charge in [-0.25, -0.2) is 0 Å². The van der Waals surface area contributed by atoms with E-state index in [1.54, 1.807) is 0 Å². The third-order valence-electron chi connectivity index (χ3n) is 4.78. The van der Waals surface area contributed by atoms with Crippen molar-refractivity contribution >= 4 is 0 Å². The second-order valence-electron chi connectivity index (χ2n) is 6.49. The normalized spacial score (nSPS) is 43.6. The van der Waals surface area contributed by atoms with Gasteiger partial charge in [-0.15, -0.1) is 0 Å². The zero-order valence-electron chi connectivity index (χ0n) is 12.3. The number of nitrogens with two attached hydrogens (primary N) is 1. The van der Waals surface area contributed by atoms with Crippen LogP contribution in [0.5, 0.6) is 0 Å². The fourth-order valence-electron chi connectivity index (χ4n) is 3.67. The standard InChI is InChI=1S/C15H29NO3/c1-11-8-14(9-12(2)19-11)18-7-5-13-4-3-6-15(13,16)10-17/h11-14,17H,3-10,16H2,1-2H3. The molecule has 1 saturated heterocycles. The van der Waals surface area contributed by atoms with Gasteiger partial charge < -0.3 is 20.3 Å². The predicted molar refractivity (Wildman–Crippen MR) is 74.9 cm³/mol. The summed E-state index contributed by atoms with van der Waals surface area (Å²) in [6, 6.07) is 0. The van der Waals surface area contributed by atoms with E-state index >= 15 is 0 Å². The number of ether oxygens (including phenoxy) is 2. The Morgan fingerprint density at radius 3 is 2.63 bits per heavy atom. The molecule has 4 heteroatoms. The Balaban J connectivity index is 1.71. The Labute approximate surface area is 116 Å². The first-order valence-corrected chi connectivity index (χ1v) is 7.70. The van der Waals surface area contributed by atoms with Crippen molar-refractivity contribution in [1.82, 2.24) is 0 Å². The highest BCUT2D eigenvalue weighted by atomic mass is 16.5. The first-order chi connectivity index (χ1) is 9.03. The van der Waals surface area contributed by atoms with Crippen molar-refractivity contribution < 1.29 is 14.6 Å². The van der Waals surface area contributed by atoms with Gasteiger partial charge in [0.15, 0.2) is 0 Å². The molecule has 112 valence electrons. The second-order valence-corrected chi connectivity index (χ2v) is 6.49. The zero-order chi connectivity index (χ0) is 13.9. The molecule has 4 unspecified atom stereocenters. The summed E-state index contributed by atoms with van der Waals surface area (Å²) in [4.78, 5) is 0. The molecule has 4 atom stereocenters. The molecule has 3 N–H and O–H groups in total. The lowest BCUT2D eigenvalue weighted by atomic mass is 9.86. The molecule has 1 aliphatic heterocycles. The van der Waals surface area contributed by atoms with Crippen LogP contribution in [0.3, 0.4) is 0 Å². The lowest BCUT2D eigenvalue weighted by Crippen LogP contribution is -2.47. The van der Waals surface area contributed by atoms with Crippen molar-refractivity contribution in [1.29, 1.82) is 0 Å². The van der Waals surface area contributed by atoms with Gasteiger partial charge in [-0.05, 0) is 51.9 Å². The molecule has 0 aromatic carbocycles. The predicted octanol–water partition coefficient (Wildman–Crippen LogP) is 1.84. The highest BCUT2D eigenvalue weighted by Gasteiger charge is 2.38. The van der Waals surface area contributed by atoms with E-state index in [0.29, 0.717) is 24.2 Å².